The van der Waals surface area contributed by atoms with E-state index in [1.807, 2.05) is 32.0 Å². The Bertz CT molecular complexity index is 656. The number of piperazine rings is 1. The number of rotatable bonds is 2. The summed E-state index contributed by atoms with van der Waals surface area (Å²) in [5.74, 6) is -0.919. The highest BCUT2D eigenvalue weighted by Gasteiger charge is 2.40. The Labute approximate surface area is 135 Å². The fourth-order valence-corrected chi connectivity index (χ4v) is 3.43. The second-order valence-corrected chi connectivity index (χ2v) is 6.40. The van der Waals surface area contributed by atoms with E-state index in [1.165, 1.54) is 0 Å². The Morgan fingerprint density at radius 3 is 2.74 bits per heavy atom. The quantitative estimate of drug-likeness (QED) is 0.858. The molecule has 3 rings (SSSR count). The number of para-hydroxylation sites is 1. The Balaban J connectivity index is 1.93. The van der Waals surface area contributed by atoms with Crippen molar-refractivity contribution in [3.63, 3.8) is 0 Å². The fourth-order valence-electron chi connectivity index (χ4n) is 3.43. The number of carbonyl (C=O) groups excluding carboxylic acids is 3. The molecule has 0 aliphatic carbocycles. The molecule has 1 saturated heterocycles. The van der Waals surface area contributed by atoms with Gasteiger partial charge in [-0.3, -0.25) is 14.4 Å². The molecule has 1 fully saturated rings. The highest BCUT2D eigenvalue weighted by Crippen LogP contribution is 2.34. The van der Waals surface area contributed by atoms with Gasteiger partial charge >= 0.3 is 0 Å². The lowest BCUT2D eigenvalue weighted by Gasteiger charge is -2.40. The number of hydrogen-bond donors (Lipinski definition) is 2. The predicted molar refractivity (Wildman–Crippen MR) is 85.8 cm³/mol. The SMILES string of the molecule is CC(C)C1C(=O)NCCN1C(=O)C1CC(=O)Nc2ccccc21. The normalized spacial score (nSPS) is 24.0. The summed E-state index contributed by atoms with van der Waals surface area (Å²) in [7, 11) is 0. The van der Waals surface area contributed by atoms with E-state index in [4.69, 9.17) is 0 Å². The Morgan fingerprint density at radius 2 is 2.00 bits per heavy atom. The molecule has 0 spiro atoms. The molecule has 0 saturated carbocycles. The summed E-state index contributed by atoms with van der Waals surface area (Å²) in [6.07, 6.45) is 0.124. The molecule has 2 N–H and O–H groups in total. The van der Waals surface area contributed by atoms with Gasteiger partial charge in [0, 0.05) is 25.2 Å². The highest BCUT2D eigenvalue weighted by molar-refractivity contribution is 6.02. The van der Waals surface area contributed by atoms with Crippen molar-refractivity contribution in [2.75, 3.05) is 18.4 Å². The predicted octanol–water partition coefficient (Wildman–Crippen LogP) is 1.10. The Hall–Kier alpha value is -2.37. The van der Waals surface area contributed by atoms with Gasteiger partial charge in [0.25, 0.3) is 0 Å². The third kappa shape index (κ3) is 2.81. The number of amides is 3. The van der Waals surface area contributed by atoms with E-state index in [9.17, 15) is 14.4 Å². The van der Waals surface area contributed by atoms with Gasteiger partial charge < -0.3 is 15.5 Å². The zero-order valence-corrected chi connectivity index (χ0v) is 13.3. The van der Waals surface area contributed by atoms with Crippen LogP contribution in [0.3, 0.4) is 0 Å². The fraction of sp³-hybridized carbons (Fsp3) is 0.471. The highest BCUT2D eigenvalue weighted by atomic mass is 16.2. The van der Waals surface area contributed by atoms with Gasteiger partial charge in [-0.15, -0.1) is 0 Å². The molecule has 0 bridgehead atoms. The molecule has 6 heteroatoms. The topological polar surface area (TPSA) is 78.5 Å². The molecule has 2 unspecified atom stereocenters. The largest absolute Gasteiger partial charge is 0.353 e. The minimum absolute atomic E-state index is 0.0203. The monoisotopic (exact) mass is 315 g/mol. The van der Waals surface area contributed by atoms with Crippen LogP contribution in [0, 0.1) is 5.92 Å². The lowest BCUT2D eigenvalue weighted by atomic mass is 9.87. The van der Waals surface area contributed by atoms with Crippen molar-refractivity contribution in [1.29, 1.82) is 0 Å². The minimum atomic E-state index is -0.521. The molecule has 3 amide bonds. The summed E-state index contributed by atoms with van der Waals surface area (Å²) in [6, 6.07) is 6.88. The molecular formula is C17H21N3O3. The summed E-state index contributed by atoms with van der Waals surface area (Å²) in [5, 5.41) is 5.62. The molecule has 122 valence electrons. The van der Waals surface area contributed by atoms with E-state index in [2.05, 4.69) is 10.6 Å². The van der Waals surface area contributed by atoms with E-state index in [0.717, 1.165) is 5.56 Å². The third-order valence-corrected chi connectivity index (χ3v) is 4.47. The summed E-state index contributed by atoms with van der Waals surface area (Å²) in [5.41, 5.74) is 1.51. The molecule has 1 aromatic rings. The smallest absolute Gasteiger partial charge is 0.243 e. The van der Waals surface area contributed by atoms with E-state index >= 15 is 0 Å². The number of anilines is 1. The molecule has 2 aliphatic heterocycles. The van der Waals surface area contributed by atoms with Crippen LogP contribution in [0.1, 0.15) is 31.7 Å². The Kier molecular flexibility index (Phi) is 4.07. The summed E-state index contributed by atoms with van der Waals surface area (Å²) < 4.78 is 0. The molecular weight excluding hydrogens is 294 g/mol. The molecule has 0 radical (unpaired) electrons. The van der Waals surface area contributed by atoms with E-state index in [-0.39, 0.29) is 30.1 Å². The van der Waals surface area contributed by atoms with Crippen LogP contribution in [0.5, 0.6) is 0 Å². The van der Waals surface area contributed by atoms with Crippen molar-refractivity contribution < 1.29 is 14.4 Å². The van der Waals surface area contributed by atoms with Gasteiger partial charge in [-0.2, -0.15) is 0 Å². The first-order valence-corrected chi connectivity index (χ1v) is 7.96. The third-order valence-electron chi connectivity index (χ3n) is 4.47. The molecule has 23 heavy (non-hydrogen) atoms. The molecule has 2 aliphatic rings. The van der Waals surface area contributed by atoms with Crippen LogP contribution in [0.25, 0.3) is 0 Å². The minimum Gasteiger partial charge on any atom is -0.353 e. The van der Waals surface area contributed by atoms with Crippen LogP contribution in [0.4, 0.5) is 5.69 Å². The number of benzene rings is 1. The van der Waals surface area contributed by atoms with Gasteiger partial charge in [-0.1, -0.05) is 32.0 Å². The molecule has 2 atom stereocenters. The zero-order chi connectivity index (χ0) is 16.6. The zero-order valence-electron chi connectivity index (χ0n) is 13.3. The van der Waals surface area contributed by atoms with E-state index in [0.29, 0.717) is 18.8 Å². The standard InChI is InChI=1S/C17H21N3O3/c1-10(2)15-16(22)18-7-8-20(15)17(23)12-9-14(21)19-13-6-4-3-5-11(12)13/h3-6,10,12,15H,7-9H2,1-2H3,(H,18,22)(H,19,21). The second-order valence-electron chi connectivity index (χ2n) is 6.40. The van der Waals surface area contributed by atoms with Crippen LogP contribution in [-0.4, -0.2) is 41.8 Å². The van der Waals surface area contributed by atoms with Crippen molar-refractivity contribution in [2.24, 2.45) is 5.92 Å². The van der Waals surface area contributed by atoms with Crippen molar-refractivity contribution in [1.82, 2.24) is 10.2 Å². The maximum absolute atomic E-state index is 13.1. The lowest BCUT2D eigenvalue weighted by molar-refractivity contribution is -0.146. The molecule has 6 nitrogen and oxygen atoms in total. The summed E-state index contributed by atoms with van der Waals surface area (Å²) >= 11 is 0. The van der Waals surface area contributed by atoms with Crippen LogP contribution >= 0.6 is 0 Å². The summed E-state index contributed by atoms with van der Waals surface area (Å²) in [6.45, 7) is 4.79. The number of nitrogens with one attached hydrogen (secondary N) is 2. The first kappa shape index (κ1) is 15.5. The molecule has 2 heterocycles. The molecule has 0 aromatic heterocycles. The molecule has 1 aromatic carbocycles. The Morgan fingerprint density at radius 1 is 1.26 bits per heavy atom. The van der Waals surface area contributed by atoms with Crippen LogP contribution in [0.15, 0.2) is 24.3 Å². The van der Waals surface area contributed by atoms with Crippen LogP contribution in [-0.2, 0) is 14.4 Å². The van der Waals surface area contributed by atoms with Gasteiger partial charge in [0.1, 0.15) is 6.04 Å². The first-order valence-electron chi connectivity index (χ1n) is 7.96. The maximum Gasteiger partial charge on any atom is 0.243 e. The number of carbonyl (C=O) groups is 3. The van der Waals surface area contributed by atoms with Gasteiger partial charge in [0.15, 0.2) is 0 Å². The van der Waals surface area contributed by atoms with Crippen molar-refractivity contribution >= 4 is 23.4 Å². The van der Waals surface area contributed by atoms with Crippen molar-refractivity contribution in [3.05, 3.63) is 29.8 Å². The van der Waals surface area contributed by atoms with E-state index < -0.39 is 12.0 Å². The lowest BCUT2D eigenvalue weighted by Crippen LogP contribution is -2.60. The number of hydrogen-bond acceptors (Lipinski definition) is 3. The average Bonchev–Trinajstić information content (AvgIpc) is 2.52. The van der Waals surface area contributed by atoms with Crippen LogP contribution in [0.2, 0.25) is 0 Å². The average molecular weight is 315 g/mol. The van der Waals surface area contributed by atoms with Crippen LogP contribution < -0.4 is 10.6 Å². The van der Waals surface area contributed by atoms with Crippen molar-refractivity contribution in [2.45, 2.75) is 32.2 Å². The first-order chi connectivity index (χ1) is 11.0. The van der Waals surface area contributed by atoms with Gasteiger partial charge in [-0.05, 0) is 17.5 Å². The van der Waals surface area contributed by atoms with E-state index in [1.54, 1.807) is 11.0 Å². The van der Waals surface area contributed by atoms with Gasteiger partial charge in [0.05, 0.1) is 5.92 Å². The second kappa shape index (κ2) is 6.02. The van der Waals surface area contributed by atoms with Gasteiger partial charge in [0.2, 0.25) is 17.7 Å². The number of fused-ring (bicyclic) bond motifs is 1. The maximum atomic E-state index is 13.1. The number of nitrogens with zero attached hydrogens (tertiary/aromatic N) is 1. The van der Waals surface area contributed by atoms with Crippen molar-refractivity contribution in [3.8, 4) is 0 Å². The summed E-state index contributed by atoms with van der Waals surface area (Å²) in [4.78, 5) is 38.8. The van der Waals surface area contributed by atoms with Gasteiger partial charge in [-0.25, -0.2) is 0 Å².